The molecule has 1 aromatic carbocycles. The van der Waals surface area contributed by atoms with E-state index in [4.69, 9.17) is 0 Å². The molecular formula is C17H20N2O. The van der Waals surface area contributed by atoms with Crippen LogP contribution in [0.1, 0.15) is 36.9 Å². The summed E-state index contributed by atoms with van der Waals surface area (Å²) in [4.78, 5) is 18.5. The Kier molecular flexibility index (Phi) is 2.79. The first-order valence-electron chi connectivity index (χ1n) is 7.76. The fraction of sp³-hybridized carbons (Fsp3) is 0.471. The highest BCUT2D eigenvalue weighted by Gasteiger charge is 2.18. The molecule has 1 aliphatic heterocycles. The van der Waals surface area contributed by atoms with Gasteiger partial charge in [0.2, 0.25) is 0 Å². The summed E-state index contributed by atoms with van der Waals surface area (Å²) in [5, 5.41) is 0.869. The highest BCUT2D eigenvalue weighted by molar-refractivity contribution is 5.83. The van der Waals surface area contributed by atoms with Gasteiger partial charge in [-0.1, -0.05) is 0 Å². The van der Waals surface area contributed by atoms with E-state index in [2.05, 4.69) is 28.1 Å². The smallest absolute Gasteiger partial charge is 0.192 e. The predicted molar refractivity (Wildman–Crippen MR) is 82.7 cm³/mol. The van der Waals surface area contributed by atoms with Gasteiger partial charge >= 0.3 is 0 Å². The van der Waals surface area contributed by atoms with Crippen LogP contribution in [0.2, 0.25) is 0 Å². The first kappa shape index (κ1) is 12.0. The lowest BCUT2D eigenvalue weighted by Gasteiger charge is -2.29. The van der Waals surface area contributed by atoms with Crippen molar-refractivity contribution in [1.82, 2.24) is 4.98 Å². The van der Waals surface area contributed by atoms with Crippen LogP contribution in [0.4, 0.5) is 5.69 Å². The van der Waals surface area contributed by atoms with Crippen molar-refractivity contribution in [2.24, 2.45) is 0 Å². The molecule has 0 bridgehead atoms. The molecule has 1 saturated heterocycles. The van der Waals surface area contributed by atoms with E-state index in [1.807, 2.05) is 0 Å². The summed E-state index contributed by atoms with van der Waals surface area (Å²) >= 11 is 0. The molecule has 20 heavy (non-hydrogen) atoms. The number of aryl methyl sites for hydroxylation is 1. The van der Waals surface area contributed by atoms with Gasteiger partial charge in [-0.3, -0.25) is 4.79 Å². The summed E-state index contributed by atoms with van der Waals surface area (Å²) in [6, 6.07) is 6.34. The van der Waals surface area contributed by atoms with Crippen LogP contribution < -0.4 is 10.3 Å². The van der Waals surface area contributed by atoms with Crippen molar-refractivity contribution < 1.29 is 0 Å². The van der Waals surface area contributed by atoms with E-state index in [1.54, 1.807) is 0 Å². The Labute approximate surface area is 118 Å². The highest BCUT2D eigenvalue weighted by Crippen LogP contribution is 2.25. The van der Waals surface area contributed by atoms with E-state index in [-0.39, 0.29) is 5.43 Å². The van der Waals surface area contributed by atoms with Gasteiger partial charge in [-0.15, -0.1) is 0 Å². The number of hydrogen-bond acceptors (Lipinski definition) is 2. The largest absolute Gasteiger partial charge is 0.372 e. The van der Waals surface area contributed by atoms with Crippen molar-refractivity contribution >= 4 is 16.6 Å². The van der Waals surface area contributed by atoms with Crippen molar-refractivity contribution in [3.8, 4) is 0 Å². The molecule has 2 heterocycles. The van der Waals surface area contributed by atoms with Crippen LogP contribution in [-0.2, 0) is 12.8 Å². The van der Waals surface area contributed by atoms with Gasteiger partial charge in [0, 0.05) is 40.9 Å². The first-order valence-corrected chi connectivity index (χ1v) is 7.76. The molecule has 1 aliphatic carbocycles. The maximum Gasteiger partial charge on any atom is 0.192 e. The molecule has 0 saturated carbocycles. The molecule has 0 amide bonds. The summed E-state index contributed by atoms with van der Waals surface area (Å²) in [5.41, 5.74) is 4.64. The van der Waals surface area contributed by atoms with Crippen LogP contribution in [0.15, 0.2) is 23.0 Å². The number of pyridine rings is 1. The normalized spacial score (nSPS) is 18.5. The van der Waals surface area contributed by atoms with E-state index in [0.29, 0.717) is 0 Å². The molecule has 1 N–H and O–H groups in total. The number of aromatic nitrogens is 1. The minimum atomic E-state index is 0.255. The molecule has 0 spiro atoms. The zero-order valence-corrected chi connectivity index (χ0v) is 11.7. The van der Waals surface area contributed by atoms with Gasteiger partial charge in [-0.2, -0.15) is 0 Å². The van der Waals surface area contributed by atoms with Crippen LogP contribution in [0, 0.1) is 0 Å². The van der Waals surface area contributed by atoms with E-state index in [9.17, 15) is 4.79 Å². The SMILES string of the molecule is O=c1c2c([nH]c3ccc(N4CCCCC4)cc13)CCC2. The number of aromatic amines is 1. The lowest BCUT2D eigenvalue weighted by molar-refractivity contribution is 0.578. The fourth-order valence-electron chi connectivity index (χ4n) is 3.64. The zero-order valence-electron chi connectivity index (χ0n) is 11.7. The Balaban J connectivity index is 1.84. The number of piperidine rings is 1. The third-order valence-electron chi connectivity index (χ3n) is 4.75. The van der Waals surface area contributed by atoms with Crippen LogP contribution in [0.25, 0.3) is 10.9 Å². The molecule has 0 radical (unpaired) electrons. The first-order chi connectivity index (χ1) is 9.83. The van der Waals surface area contributed by atoms with Gasteiger partial charge in [0.15, 0.2) is 5.43 Å². The average Bonchev–Trinajstić information content (AvgIpc) is 2.97. The van der Waals surface area contributed by atoms with Crippen LogP contribution >= 0.6 is 0 Å². The topological polar surface area (TPSA) is 36.1 Å². The molecule has 1 fully saturated rings. The summed E-state index contributed by atoms with van der Waals surface area (Å²) in [7, 11) is 0. The number of anilines is 1. The summed E-state index contributed by atoms with van der Waals surface area (Å²) in [5.74, 6) is 0. The van der Waals surface area contributed by atoms with E-state index in [0.717, 1.165) is 54.5 Å². The number of fused-ring (bicyclic) bond motifs is 2. The molecule has 1 aromatic heterocycles. The standard InChI is InChI=1S/C17H20N2O/c20-17-13-5-4-6-15(13)18-16-8-7-12(11-14(16)17)19-9-2-1-3-10-19/h7-8,11H,1-6,9-10H2,(H,18,20). The number of nitrogens with zero attached hydrogens (tertiary/aromatic N) is 1. The number of nitrogens with one attached hydrogen (secondary N) is 1. The van der Waals surface area contributed by atoms with Crippen LogP contribution in [0.3, 0.4) is 0 Å². The second-order valence-electron chi connectivity index (χ2n) is 6.04. The van der Waals surface area contributed by atoms with Crippen molar-refractivity contribution in [2.45, 2.75) is 38.5 Å². The molecule has 0 unspecified atom stereocenters. The number of hydrogen-bond donors (Lipinski definition) is 1. The highest BCUT2D eigenvalue weighted by atomic mass is 16.1. The lowest BCUT2D eigenvalue weighted by Crippen LogP contribution is -2.29. The predicted octanol–water partition coefficient (Wildman–Crippen LogP) is 3.01. The number of H-pyrrole nitrogens is 1. The maximum atomic E-state index is 12.6. The summed E-state index contributed by atoms with van der Waals surface area (Å²) in [6.07, 6.45) is 6.93. The molecule has 3 nitrogen and oxygen atoms in total. The monoisotopic (exact) mass is 268 g/mol. The Hall–Kier alpha value is -1.77. The van der Waals surface area contributed by atoms with Gasteiger partial charge < -0.3 is 9.88 Å². The molecule has 2 aliphatic rings. The zero-order chi connectivity index (χ0) is 13.5. The minimum absolute atomic E-state index is 0.255. The summed E-state index contributed by atoms with van der Waals surface area (Å²) < 4.78 is 0. The van der Waals surface area contributed by atoms with Crippen molar-refractivity contribution in [2.75, 3.05) is 18.0 Å². The molecule has 3 heteroatoms. The van der Waals surface area contributed by atoms with E-state index in [1.165, 1.54) is 24.9 Å². The van der Waals surface area contributed by atoms with Crippen LogP contribution in [-0.4, -0.2) is 18.1 Å². The molecule has 0 atom stereocenters. The van der Waals surface area contributed by atoms with Crippen molar-refractivity contribution in [1.29, 1.82) is 0 Å². The van der Waals surface area contributed by atoms with Gasteiger partial charge in [0.1, 0.15) is 0 Å². The quantitative estimate of drug-likeness (QED) is 0.863. The second-order valence-corrected chi connectivity index (χ2v) is 6.04. The molecule has 4 rings (SSSR count). The molecule has 104 valence electrons. The minimum Gasteiger partial charge on any atom is -0.372 e. The lowest BCUT2D eigenvalue weighted by atomic mass is 10.1. The second kappa shape index (κ2) is 4.65. The van der Waals surface area contributed by atoms with Gasteiger partial charge in [0.25, 0.3) is 0 Å². The molecular weight excluding hydrogens is 248 g/mol. The van der Waals surface area contributed by atoms with Crippen molar-refractivity contribution in [3.05, 3.63) is 39.7 Å². The Morgan fingerprint density at radius 2 is 1.85 bits per heavy atom. The Morgan fingerprint density at radius 3 is 2.70 bits per heavy atom. The fourth-order valence-corrected chi connectivity index (χ4v) is 3.64. The third kappa shape index (κ3) is 1.84. The van der Waals surface area contributed by atoms with Gasteiger partial charge in [-0.25, -0.2) is 0 Å². The van der Waals surface area contributed by atoms with E-state index < -0.39 is 0 Å². The van der Waals surface area contributed by atoms with Gasteiger partial charge in [-0.05, 0) is 56.7 Å². The maximum absolute atomic E-state index is 12.6. The van der Waals surface area contributed by atoms with Crippen LogP contribution in [0.5, 0.6) is 0 Å². The average molecular weight is 268 g/mol. The number of benzene rings is 1. The van der Waals surface area contributed by atoms with E-state index >= 15 is 0 Å². The van der Waals surface area contributed by atoms with Gasteiger partial charge in [0.05, 0.1) is 0 Å². The Bertz CT molecular complexity index is 711. The Morgan fingerprint density at radius 1 is 1.00 bits per heavy atom. The summed E-state index contributed by atoms with van der Waals surface area (Å²) in [6.45, 7) is 2.24. The number of rotatable bonds is 1. The van der Waals surface area contributed by atoms with Crippen molar-refractivity contribution in [3.63, 3.8) is 0 Å². The molecule has 2 aromatic rings. The third-order valence-corrected chi connectivity index (χ3v) is 4.75.